The van der Waals surface area contributed by atoms with Crippen LogP contribution < -0.4 is 10.0 Å². The van der Waals surface area contributed by atoms with E-state index in [4.69, 9.17) is 0 Å². The lowest BCUT2D eigenvalue weighted by molar-refractivity contribution is -0.385. The van der Waals surface area contributed by atoms with Gasteiger partial charge in [-0.1, -0.05) is 6.07 Å². The van der Waals surface area contributed by atoms with E-state index < -0.39 is 21.0 Å². The van der Waals surface area contributed by atoms with Crippen LogP contribution in [-0.4, -0.2) is 24.9 Å². The van der Waals surface area contributed by atoms with Crippen molar-refractivity contribution in [2.75, 3.05) is 0 Å². The van der Waals surface area contributed by atoms with Crippen molar-refractivity contribution in [2.24, 2.45) is 17.8 Å². The van der Waals surface area contributed by atoms with E-state index in [1.54, 1.807) is 0 Å². The first-order valence-electron chi connectivity index (χ1n) is 8.84. The lowest BCUT2D eigenvalue weighted by Crippen LogP contribution is -2.61. The van der Waals surface area contributed by atoms with Crippen molar-refractivity contribution in [2.45, 2.75) is 49.0 Å². The number of nitro benzene ring substituents is 1. The van der Waals surface area contributed by atoms with Crippen LogP contribution >= 0.6 is 0 Å². The molecule has 4 aliphatic rings. The van der Waals surface area contributed by atoms with Gasteiger partial charge >= 0.3 is 6.03 Å². The molecular formula is C17H21N3O5S. The molecule has 2 amide bonds. The van der Waals surface area contributed by atoms with Crippen LogP contribution in [0.1, 0.15) is 38.5 Å². The number of urea groups is 1. The van der Waals surface area contributed by atoms with E-state index in [1.807, 2.05) is 4.72 Å². The molecule has 0 spiro atoms. The number of benzene rings is 1. The minimum atomic E-state index is -4.17. The summed E-state index contributed by atoms with van der Waals surface area (Å²) in [6.07, 6.45) is 6.37. The molecule has 4 bridgehead atoms. The first-order valence-corrected chi connectivity index (χ1v) is 10.3. The molecule has 26 heavy (non-hydrogen) atoms. The molecule has 0 saturated heterocycles. The van der Waals surface area contributed by atoms with Gasteiger partial charge in [0, 0.05) is 17.7 Å². The van der Waals surface area contributed by atoms with Crippen LogP contribution in [0.4, 0.5) is 10.5 Å². The Morgan fingerprint density at radius 1 is 1.12 bits per heavy atom. The molecule has 0 aromatic heterocycles. The van der Waals surface area contributed by atoms with Crippen LogP contribution in [0.3, 0.4) is 0 Å². The van der Waals surface area contributed by atoms with Gasteiger partial charge in [0.1, 0.15) is 0 Å². The number of nitrogens with one attached hydrogen (secondary N) is 2. The highest BCUT2D eigenvalue weighted by atomic mass is 32.2. The van der Waals surface area contributed by atoms with Crippen LogP contribution in [0.2, 0.25) is 0 Å². The Hall–Kier alpha value is -2.16. The second-order valence-corrected chi connectivity index (χ2v) is 9.69. The Morgan fingerprint density at radius 3 is 2.23 bits per heavy atom. The molecule has 4 aliphatic carbocycles. The van der Waals surface area contributed by atoms with E-state index in [0.717, 1.165) is 25.3 Å². The van der Waals surface area contributed by atoms with E-state index in [-0.39, 0.29) is 16.1 Å². The zero-order valence-corrected chi connectivity index (χ0v) is 15.0. The molecule has 4 saturated carbocycles. The SMILES string of the molecule is O=C(NC12CC3CC(CC(C3)C1)C2)NS(=O)(=O)c1cccc([N+](=O)[O-])c1. The summed E-state index contributed by atoms with van der Waals surface area (Å²) in [6.45, 7) is 0. The highest BCUT2D eigenvalue weighted by Crippen LogP contribution is 2.55. The maximum absolute atomic E-state index is 12.4. The maximum Gasteiger partial charge on any atom is 0.329 e. The Balaban J connectivity index is 1.48. The predicted octanol–water partition coefficient (Wildman–Crippen LogP) is 2.55. The third-order valence-corrected chi connectivity index (χ3v) is 7.31. The molecule has 140 valence electrons. The first kappa shape index (κ1) is 17.3. The molecule has 2 N–H and O–H groups in total. The number of non-ortho nitro benzene ring substituents is 1. The quantitative estimate of drug-likeness (QED) is 0.615. The van der Waals surface area contributed by atoms with Crippen molar-refractivity contribution in [3.8, 4) is 0 Å². The van der Waals surface area contributed by atoms with E-state index in [0.29, 0.717) is 17.8 Å². The number of hydrogen-bond donors (Lipinski definition) is 2. The standard InChI is InChI=1S/C17H21N3O5S/c21-16(18-17-8-11-4-12(9-17)6-13(5-11)10-17)19-26(24,25)15-3-1-2-14(7-15)20(22)23/h1-3,7,11-13H,4-6,8-10H2,(H2,18,19,21). The Labute approximate surface area is 151 Å². The van der Waals surface area contributed by atoms with Crippen molar-refractivity contribution in [1.82, 2.24) is 10.0 Å². The van der Waals surface area contributed by atoms with Gasteiger partial charge in [0.15, 0.2) is 0 Å². The third-order valence-electron chi connectivity index (χ3n) is 5.98. The van der Waals surface area contributed by atoms with Crippen LogP contribution in [-0.2, 0) is 10.0 Å². The average molecular weight is 379 g/mol. The van der Waals surface area contributed by atoms with E-state index in [9.17, 15) is 23.3 Å². The van der Waals surface area contributed by atoms with Gasteiger partial charge in [0.05, 0.1) is 9.82 Å². The van der Waals surface area contributed by atoms with Crippen molar-refractivity contribution in [3.05, 3.63) is 34.4 Å². The molecule has 5 rings (SSSR count). The summed E-state index contributed by atoms with van der Waals surface area (Å²) in [4.78, 5) is 22.3. The normalized spacial score (nSPS) is 32.2. The van der Waals surface area contributed by atoms with Gasteiger partial charge in [-0.25, -0.2) is 17.9 Å². The Bertz CT molecular complexity index is 832. The highest BCUT2D eigenvalue weighted by molar-refractivity contribution is 7.90. The van der Waals surface area contributed by atoms with Gasteiger partial charge in [-0.2, -0.15) is 0 Å². The number of nitrogens with zero attached hydrogens (tertiary/aromatic N) is 1. The van der Waals surface area contributed by atoms with Crippen molar-refractivity contribution >= 4 is 21.7 Å². The number of amides is 2. The summed E-state index contributed by atoms with van der Waals surface area (Å²) in [6, 6.07) is 3.91. The van der Waals surface area contributed by atoms with E-state index >= 15 is 0 Å². The number of carbonyl (C=O) groups excluding carboxylic acids is 1. The zero-order chi connectivity index (χ0) is 18.5. The summed E-state index contributed by atoms with van der Waals surface area (Å²) < 4.78 is 26.8. The molecule has 9 heteroatoms. The van der Waals surface area contributed by atoms with Crippen molar-refractivity contribution in [3.63, 3.8) is 0 Å². The molecule has 0 unspecified atom stereocenters. The molecule has 0 aliphatic heterocycles. The summed E-state index contributed by atoms with van der Waals surface area (Å²) in [5.41, 5.74) is -0.647. The summed E-state index contributed by atoms with van der Waals surface area (Å²) in [5, 5.41) is 13.8. The van der Waals surface area contributed by atoms with Gasteiger partial charge in [-0.05, 0) is 62.3 Å². The minimum absolute atomic E-state index is 0.299. The van der Waals surface area contributed by atoms with E-state index in [1.165, 1.54) is 37.5 Å². The fourth-order valence-corrected chi connectivity index (χ4v) is 6.42. The van der Waals surface area contributed by atoms with Gasteiger partial charge in [-0.15, -0.1) is 0 Å². The predicted molar refractivity (Wildman–Crippen MR) is 92.9 cm³/mol. The summed E-state index contributed by atoms with van der Waals surface area (Å²) in [7, 11) is -4.17. The van der Waals surface area contributed by atoms with Crippen LogP contribution in [0.25, 0.3) is 0 Å². The minimum Gasteiger partial charge on any atom is -0.332 e. The topological polar surface area (TPSA) is 118 Å². The number of sulfonamides is 1. The third kappa shape index (κ3) is 3.15. The number of carbonyl (C=O) groups is 1. The lowest BCUT2D eigenvalue weighted by Gasteiger charge is -2.56. The number of nitro groups is 1. The zero-order valence-electron chi connectivity index (χ0n) is 14.2. The smallest absolute Gasteiger partial charge is 0.329 e. The van der Waals surface area contributed by atoms with Crippen LogP contribution in [0.15, 0.2) is 29.2 Å². The highest BCUT2D eigenvalue weighted by Gasteiger charge is 2.51. The van der Waals surface area contributed by atoms with Gasteiger partial charge in [0.2, 0.25) is 0 Å². The van der Waals surface area contributed by atoms with E-state index in [2.05, 4.69) is 5.32 Å². The summed E-state index contributed by atoms with van der Waals surface area (Å²) in [5.74, 6) is 1.86. The second-order valence-electron chi connectivity index (χ2n) is 8.01. The molecule has 1 aromatic rings. The fraction of sp³-hybridized carbons (Fsp3) is 0.588. The molecule has 0 heterocycles. The summed E-state index contributed by atoms with van der Waals surface area (Å²) >= 11 is 0. The number of rotatable bonds is 4. The maximum atomic E-state index is 12.4. The molecule has 4 fully saturated rings. The number of hydrogen-bond acceptors (Lipinski definition) is 5. The van der Waals surface area contributed by atoms with Gasteiger partial charge in [0.25, 0.3) is 15.7 Å². The first-order chi connectivity index (χ1) is 12.2. The Kier molecular flexibility index (Phi) is 3.94. The Morgan fingerprint density at radius 2 is 1.69 bits per heavy atom. The second kappa shape index (κ2) is 5.94. The van der Waals surface area contributed by atoms with Crippen LogP contribution in [0.5, 0.6) is 0 Å². The average Bonchev–Trinajstić information content (AvgIpc) is 2.52. The van der Waals surface area contributed by atoms with Gasteiger partial charge in [-0.3, -0.25) is 10.1 Å². The molecule has 0 atom stereocenters. The van der Waals surface area contributed by atoms with Gasteiger partial charge < -0.3 is 5.32 Å². The molecule has 8 nitrogen and oxygen atoms in total. The molecule has 0 radical (unpaired) electrons. The monoisotopic (exact) mass is 379 g/mol. The molecular weight excluding hydrogens is 358 g/mol. The molecule has 1 aromatic carbocycles. The van der Waals surface area contributed by atoms with Crippen molar-refractivity contribution < 1.29 is 18.1 Å². The van der Waals surface area contributed by atoms with Crippen LogP contribution in [0, 0.1) is 27.9 Å². The lowest BCUT2D eigenvalue weighted by atomic mass is 9.53. The fourth-order valence-electron chi connectivity index (χ4n) is 5.48. The van der Waals surface area contributed by atoms with Crippen molar-refractivity contribution in [1.29, 1.82) is 0 Å². The largest absolute Gasteiger partial charge is 0.332 e.